The Hall–Kier alpha value is -4.26. The van der Waals surface area contributed by atoms with Crippen LogP contribution in [0.25, 0.3) is 11.0 Å². The molecule has 0 unspecified atom stereocenters. The first-order valence-corrected chi connectivity index (χ1v) is 9.94. The van der Waals surface area contributed by atoms with Gasteiger partial charge in [-0.15, -0.1) is 0 Å². The van der Waals surface area contributed by atoms with Gasteiger partial charge in [-0.25, -0.2) is 18.6 Å². The number of aromatic amines is 1. The zero-order valence-corrected chi connectivity index (χ0v) is 17.9. The van der Waals surface area contributed by atoms with Crippen LogP contribution >= 0.6 is 11.6 Å². The number of fused-ring (bicyclic) bond motifs is 1. The summed E-state index contributed by atoms with van der Waals surface area (Å²) >= 11 is 5.53. The van der Waals surface area contributed by atoms with E-state index >= 15 is 0 Å². The van der Waals surface area contributed by atoms with Crippen molar-refractivity contribution in [2.75, 3.05) is 16.0 Å². The van der Waals surface area contributed by atoms with Crippen LogP contribution in [0.3, 0.4) is 0 Å². The SMILES string of the molecule is O=C(Nc1ccc(Cl)c(C(F)(F)F)c1)Nc1ccc(F)c(C(=O)Nc2cnc3[nH]ncc3c2)c1F. The zero-order valence-electron chi connectivity index (χ0n) is 17.1. The van der Waals surface area contributed by atoms with Gasteiger partial charge in [0.1, 0.15) is 11.4 Å². The molecule has 2 aromatic heterocycles. The molecule has 0 aliphatic heterocycles. The molecule has 0 saturated heterocycles. The van der Waals surface area contributed by atoms with Crippen LogP contribution in [-0.2, 0) is 6.18 Å². The largest absolute Gasteiger partial charge is 0.417 e. The molecule has 180 valence electrons. The summed E-state index contributed by atoms with van der Waals surface area (Å²) < 4.78 is 68.2. The van der Waals surface area contributed by atoms with E-state index in [0.717, 1.165) is 24.3 Å². The van der Waals surface area contributed by atoms with Crippen LogP contribution in [0.15, 0.2) is 48.8 Å². The van der Waals surface area contributed by atoms with Gasteiger partial charge in [-0.3, -0.25) is 9.89 Å². The maximum Gasteiger partial charge on any atom is 0.417 e. The Morgan fingerprint density at radius 2 is 1.71 bits per heavy atom. The molecule has 4 N–H and O–H groups in total. The lowest BCUT2D eigenvalue weighted by Crippen LogP contribution is -2.22. The van der Waals surface area contributed by atoms with Crippen molar-refractivity contribution in [2.45, 2.75) is 6.18 Å². The number of carbonyl (C=O) groups excluding carboxylic acids is 2. The highest BCUT2D eigenvalue weighted by molar-refractivity contribution is 6.31. The number of urea groups is 1. The van der Waals surface area contributed by atoms with Gasteiger partial charge < -0.3 is 16.0 Å². The molecule has 0 saturated carbocycles. The average Bonchev–Trinajstić information content (AvgIpc) is 3.24. The van der Waals surface area contributed by atoms with Crippen molar-refractivity contribution in [1.29, 1.82) is 0 Å². The van der Waals surface area contributed by atoms with Crippen molar-refractivity contribution < 1.29 is 31.5 Å². The van der Waals surface area contributed by atoms with E-state index in [-0.39, 0.29) is 11.4 Å². The molecular formula is C21H12ClF5N6O2. The van der Waals surface area contributed by atoms with Crippen LogP contribution in [-0.4, -0.2) is 27.1 Å². The Morgan fingerprint density at radius 1 is 0.943 bits per heavy atom. The fraction of sp³-hybridized carbons (Fsp3) is 0.0476. The number of carbonyl (C=O) groups is 2. The number of rotatable bonds is 4. The number of benzene rings is 2. The fourth-order valence-electron chi connectivity index (χ4n) is 3.06. The standard InChI is InChI=1S/C21H12ClF5N6O2/c22-13-2-1-10(6-12(13)21(25,26)27)31-20(35)32-15-4-3-14(23)16(17(15)24)19(34)30-11-5-9-7-29-33-18(9)28-8-11/h1-8H,(H,30,34)(H,28,29,33)(H2,31,32,35). The number of hydrogen-bond donors (Lipinski definition) is 4. The topological polar surface area (TPSA) is 112 Å². The molecule has 2 aromatic carbocycles. The third-order valence-electron chi connectivity index (χ3n) is 4.65. The van der Waals surface area contributed by atoms with E-state index in [2.05, 4.69) is 25.8 Å². The first kappa shape index (κ1) is 23.9. The molecular weight excluding hydrogens is 499 g/mol. The number of pyridine rings is 1. The summed E-state index contributed by atoms with van der Waals surface area (Å²) in [7, 11) is 0. The lowest BCUT2D eigenvalue weighted by Gasteiger charge is -2.14. The molecule has 2 heterocycles. The van der Waals surface area contributed by atoms with E-state index in [9.17, 15) is 31.5 Å². The van der Waals surface area contributed by atoms with Crippen LogP contribution in [0, 0.1) is 11.6 Å². The molecule has 3 amide bonds. The van der Waals surface area contributed by atoms with E-state index < -0.39 is 51.6 Å². The lowest BCUT2D eigenvalue weighted by atomic mass is 10.1. The molecule has 0 spiro atoms. The van der Waals surface area contributed by atoms with Gasteiger partial charge in [0.25, 0.3) is 5.91 Å². The predicted octanol–water partition coefficient (Wildman–Crippen LogP) is 5.80. The Bertz CT molecular complexity index is 1460. The van der Waals surface area contributed by atoms with Crippen molar-refractivity contribution in [1.82, 2.24) is 15.2 Å². The van der Waals surface area contributed by atoms with Crippen molar-refractivity contribution in [3.05, 3.63) is 76.6 Å². The number of amides is 3. The maximum atomic E-state index is 14.9. The van der Waals surface area contributed by atoms with Gasteiger partial charge in [-0.2, -0.15) is 18.3 Å². The quantitative estimate of drug-likeness (QED) is 0.260. The summed E-state index contributed by atoms with van der Waals surface area (Å²) in [6.07, 6.45) is -2.10. The molecule has 0 bridgehead atoms. The first-order valence-electron chi connectivity index (χ1n) is 9.56. The van der Waals surface area contributed by atoms with Crippen LogP contribution < -0.4 is 16.0 Å². The van der Waals surface area contributed by atoms with Crippen LogP contribution in [0.1, 0.15) is 15.9 Å². The highest BCUT2D eigenvalue weighted by Crippen LogP contribution is 2.36. The summed E-state index contributed by atoms with van der Waals surface area (Å²) in [4.78, 5) is 28.7. The van der Waals surface area contributed by atoms with Gasteiger partial charge in [-0.05, 0) is 36.4 Å². The van der Waals surface area contributed by atoms with E-state index in [1.807, 2.05) is 5.32 Å². The van der Waals surface area contributed by atoms with Crippen molar-refractivity contribution in [3.63, 3.8) is 0 Å². The molecule has 0 atom stereocenters. The van der Waals surface area contributed by atoms with Crippen molar-refractivity contribution >= 4 is 51.6 Å². The molecule has 0 aliphatic carbocycles. The molecule has 4 rings (SSSR count). The van der Waals surface area contributed by atoms with Crippen LogP contribution in [0.2, 0.25) is 5.02 Å². The third kappa shape index (κ3) is 5.14. The number of anilines is 3. The summed E-state index contributed by atoms with van der Waals surface area (Å²) in [6.45, 7) is 0. The summed E-state index contributed by atoms with van der Waals surface area (Å²) in [5.41, 5.74) is -2.51. The second kappa shape index (κ2) is 9.18. The van der Waals surface area contributed by atoms with Crippen LogP contribution in [0.5, 0.6) is 0 Å². The molecule has 0 radical (unpaired) electrons. The highest BCUT2D eigenvalue weighted by Gasteiger charge is 2.33. The maximum absolute atomic E-state index is 14.9. The van der Waals surface area contributed by atoms with Gasteiger partial charge in [0.2, 0.25) is 0 Å². The Balaban J connectivity index is 1.52. The minimum atomic E-state index is -4.77. The van der Waals surface area contributed by atoms with Crippen molar-refractivity contribution in [2.24, 2.45) is 0 Å². The second-order valence-corrected chi connectivity index (χ2v) is 7.45. The smallest absolute Gasteiger partial charge is 0.320 e. The first-order chi connectivity index (χ1) is 16.5. The minimum absolute atomic E-state index is 0.127. The summed E-state index contributed by atoms with van der Waals surface area (Å²) in [5.74, 6) is -3.78. The molecule has 4 aromatic rings. The minimum Gasteiger partial charge on any atom is -0.320 e. The lowest BCUT2D eigenvalue weighted by molar-refractivity contribution is -0.137. The number of alkyl halides is 3. The predicted molar refractivity (Wildman–Crippen MR) is 117 cm³/mol. The number of aromatic nitrogens is 3. The van der Waals surface area contributed by atoms with E-state index in [4.69, 9.17) is 11.6 Å². The van der Waals surface area contributed by atoms with E-state index in [1.165, 1.54) is 18.5 Å². The molecule has 14 heteroatoms. The number of halogens is 6. The monoisotopic (exact) mass is 510 g/mol. The fourth-order valence-corrected chi connectivity index (χ4v) is 3.29. The van der Waals surface area contributed by atoms with Crippen LogP contribution in [0.4, 0.5) is 43.8 Å². The Labute approximate surface area is 197 Å². The zero-order chi connectivity index (χ0) is 25.3. The van der Waals surface area contributed by atoms with Gasteiger partial charge in [-0.1, -0.05) is 11.6 Å². The molecule has 8 nitrogen and oxygen atoms in total. The highest BCUT2D eigenvalue weighted by atomic mass is 35.5. The Kier molecular flexibility index (Phi) is 6.26. The number of H-pyrrole nitrogens is 1. The number of nitrogens with zero attached hydrogens (tertiary/aromatic N) is 2. The molecule has 0 aliphatic rings. The van der Waals surface area contributed by atoms with Gasteiger partial charge in [0, 0.05) is 11.1 Å². The van der Waals surface area contributed by atoms with Gasteiger partial charge in [0.05, 0.1) is 34.4 Å². The average molecular weight is 511 g/mol. The number of hydrogen-bond acceptors (Lipinski definition) is 4. The van der Waals surface area contributed by atoms with Gasteiger partial charge >= 0.3 is 12.2 Å². The normalized spacial score (nSPS) is 11.4. The second-order valence-electron chi connectivity index (χ2n) is 7.04. The number of nitrogens with one attached hydrogen (secondary N) is 4. The molecule has 35 heavy (non-hydrogen) atoms. The summed E-state index contributed by atoms with van der Waals surface area (Å²) in [6, 6.07) is 4.53. The Morgan fingerprint density at radius 3 is 2.46 bits per heavy atom. The van der Waals surface area contributed by atoms with E-state index in [1.54, 1.807) is 0 Å². The van der Waals surface area contributed by atoms with Crippen molar-refractivity contribution in [3.8, 4) is 0 Å². The van der Waals surface area contributed by atoms with E-state index in [0.29, 0.717) is 17.1 Å². The van der Waals surface area contributed by atoms with Gasteiger partial charge in [0.15, 0.2) is 11.5 Å². The third-order valence-corrected chi connectivity index (χ3v) is 4.97. The summed E-state index contributed by atoms with van der Waals surface area (Å²) in [5, 5.41) is 12.7. The molecule has 0 fully saturated rings.